The van der Waals surface area contributed by atoms with Crippen molar-refractivity contribution in [3.05, 3.63) is 35.9 Å². The van der Waals surface area contributed by atoms with Crippen LogP contribution in [-0.2, 0) is 9.84 Å². The molecule has 0 spiro atoms. The Morgan fingerprint density at radius 2 is 1.88 bits per heavy atom. The standard InChI is InChI=1S/C12H19NO3S/c1-10(9-17(2,15)16)13-12(8-14)11-6-4-3-5-7-11/h3-7,10,12-14H,8-9H2,1-2H3/t10?,12-/m0/s1. The highest BCUT2D eigenvalue weighted by atomic mass is 32.2. The van der Waals surface area contributed by atoms with E-state index in [9.17, 15) is 13.5 Å². The monoisotopic (exact) mass is 257 g/mol. The topological polar surface area (TPSA) is 66.4 Å². The lowest BCUT2D eigenvalue weighted by atomic mass is 10.1. The van der Waals surface area contributed by atoms with Crippen molar-refractivity contribution in [2.45, 2.75) is 19.0 Å². The lowest BCUT2D eigenvalue weighted by Gasteiger charge is -2.21. The molecule has 1 unspecified atom stereocenters. The third kappa shape index (κ3) is 5.30. The van der Waals surface area contributed by atoms with Gasteiger partial charge in [0.2, 0.25) is 0 Å². The Bertz CT molecular complexity index is 430. The molecule has 2 N–H and O–H groups in total. The molecule has 0 amide bonds. The van der Waals surface area contributed by atoms with E-state index in [0.717, 1.165) is 5.56 Å². The number of aliphatic hydroxyl groups is 1. The highest BCUT2D eigenvalue weighted by molar-refractivity contribution is 7.90. The molecule has 0 aliphatic rings. The molecule has 0 fully saturated rings. The zero-order chi connectivity index (χ0) is 12.9. The zero-order valence-electron chi connectivity index (χ0n) is 10.1. The van der Waals surface area contributed by atoms with Crippen LogP contribution in [0.25, 0.3) is 0 Å². The first-order valence-corrected chi connectivity index (χ1v) is 7.58. The second-order valence-corrected chi connectivity index (χ2v) is 6.49. The number of sulfone groups is 1. The quantitative estimate of drug-likeness (QED) is 0.789. The average Bonchev–Trinajstić information content (AvgIpc) is 2.24. The van der Waals surface area contributed by atoms with Gasteiger partial charge in [-0.15, -0.1) is 0 Å². The molecular formula is C12H19NO3S. The maximum atomic E-state index is 11.1. The van der Waals surface area contributed by atoms with Crippen LogP contribution in [-0.4, -0.2) is 38.2 Å². The van der Waals surface area contributed by atoms with Gasteiger partial charge in [0.05, 0.1) is 18.4 Å². The molecule has 0 radical (unpaired) electrons. The summed E-state index contributed by atoms with van der Waals surface area (Å²) in [5.74, 6) is 0.0658. The van der Waals surface area contributed by atoms with Crippen molar-refractivity contribution in [2.75, 3.05) is 18.6 Å². The van der Waals surface area contributed by atoms with Crippen LogP contribution in [0.2, 0.25) is 0 Å². The molecule has 1 aromatic carbocycles. The molecule has 0 saturated heterocycles. The molecule has 0 bridgehead atoms. The van der Waals surface area contributed by atoms with E-state index in [0.29, 0.717) is 0 Å². The molecule has 17 heavy (non-hydrogen) atoms. The second-order valence-electron chi connectivity index (χ2n) is 4.31. The van der Waals surface area contributed by atoms with Gasteiger partial charge in [-0.1, -0.05) is 30.3 Å². The predicted molar refractivity (Wildman–Crippen MR) is 68.6 cm³/mol. The highest BCUT2D eigenvalue weighted by Gasteiger charge is 2.16. The van der Waals surface area contributed by atoms with Crippen LogP contribution >= 0.6 is 0 Å². The summed E-state index contributed by atoms with van der Waals surface area (Å²) in [4.78, 5) is 0. The summed E-state index contributed by atoms with van der Waals surface area (Å²) < 4.78 is 22.3. The van der Waals surface area contributed by atoms with E-state index in [-0.39, 0.29) is 24.4 Å². The molecule has 1 rings (SSSR count). The maximum absolute atomic E-state index is 11.1. The van der Waals surface area contributed by atoms with E-state index in [1.807, 2.05) is 30.3 Å². The van der Waals surface area contributed by atoms with Gasteiger partial charge < -0.3 is 10.4 Å². The number of benzene rings is 1. The van der Waals surface area contributed by atoms with Gasteiger partial charge in [-0.25, -0.2) is 8.42 Å². The summed E-state index contributed by atoms with van der Waals surface area (Å²) in [5, 5.41) is 12.4. The van der Waals surface area contributed by atoms with E-state index in [4.69, 9.17) is 0 Å². The Hall–Kier alpha value is -0.910. The van der Waals surface area contributed by atoms with E-state index >= 15 is 0 Å². The van der Waals surface area contributed by atoms with E-state index < -0.39 is 9.84 Å². The van der Waals surface area contributed by atoms with Crippen LogP contribution in [0.1, 0.15) is 18.5 Å². The van der Waals surface area contributed by atoms with E-state index in [1.54, 1.807) is 6.92 Å². The number of hydrogen-bond acceptors (Lipinski definition) is 4. The average molecular weight is 257 g/mol. The second kappa shape index (κ2) is 6.14. The fourth-order valence-corrected chi connectivity index (χ4v) is 2.79. The number of rotatable bonds is 6. The van der Waals surface area contributed by atoms with Crippen LogP contribution in [0.3, 0.4) is 0 Å². The van der Waals surface area contributed by atoms with Gasteiger partial charge >= 0.3 is 0 Å². The molecule has 0 saturated carbocycles. The summed E-state index contributed by atoms with van der Waals surface area (Å²) in [7, 11) is -3.00. The molecule has 0 aliphatic heterocycles. The molecular weight excluding hydrogens is 238 g/mol. The van der Waals surface area contributed by atoms with E-state index in [2.05, 4.69) is 5.32 Å². The van der Waals surface area contributed by atoms with Crippen molar-refractivity contribution >= 4 is 9.84 Å². The maximum Gasteiger partial charge on any atom is 0.148 e. The van der Waals surface area contributed by atoms with Gasteiger partial charge in [-0.05, 0) is 12.5 Å². The number of hydrogen-bond donors (Lipinski definition) is 2. The summed E-state index contributed by atoms with van der Waals surface area (Å²) in [5.41, 5.74) is 0.954. The first-order chi connectivity index (χ1) is 7.92. The zero-order valence-corrected chi connectivity index (χ0v) is 10.9. The van der Waals surface area contributed by atoms with Crippen LogP contribution in [0.5, 0.6) is 0 Å². The summed E-state index contributed by atoms with van der Waals surface area (Å²) >= 11 is 0. The summed E-state index contributed by atoms with van der Waals surface area (Å²) in [6.07, 6.45) is 1.21. The fourth-order valence-electron chi connectivity index (χ4n) is 1.79. The van der Waals surface area contributed by atoms with Crippen molar-refractivity contribution in [3.63, 3.8) is 0 Å². The van der Waals surface area contributed by atoms with Crippen LogP contribution in [0.15, 0.2) is 30.3 Å². The molecule has 0 aromatic heterocycles. The number of aliphatic hydroxyl groups excluding tert-OH is 1. The third-order valence-corrected chi connectivity index (χ3v) is 3.53. The normalized spacial score (nSPS) is 15.5. The van der Waals surface area contributed by atoms with Gasteiger partial charge in [-0.2, -0.15) is 0 Å². The lowest BCUT2D eigenvalue weighted by Crippen LogP contribution is -2.37. The van der Waals surface area contributed by atoms with Gasteiger partial charge in [0, 0.05) is 12.3 Å². The third-order valence-electron chi connectivity index (χ3n) is 2.42. The molecule has 0 heterocycles. The minimum Gasteiger partial charge on any atom is -0.394 e. The smallest absolute Gasteiger partial charge is 0.148 e. The lowest BCUT2D eigenvalue weighted by molar-refractivity contribution is 0.237. The van der Waals surface area contributed by atoms with Crippen molar-refractivity contribution < 1.29 is 13.5 Å². The molecule has 96 valence electrons. The Kier molecular flexibility index (Phi) is 5.11. The van der Waals surface area contributed by atoms with Gasteiger partial charge in [0.15, 0.2) is 0 Å². The Morgan fingerprint density at radius 1 is 1.29 bits per heavy atom. The molecule has 2 atom stereocenters. The fraction of sp³-hybridized carbons (Fsp3) is 0.500. The summed E-state index contributed by atoms with van der Waals surface area (Å²) in [6.45, 7) is 1.74. The SMILES string of the molecule is CC(CS(C)(=O)=O)N[C@@H](CO)c1ccccc1. The van der Waals surface area contributed by atoms with Crippen molar-refractivity contribution in [1.29, 1.82) is 0 Å². The predicted octanol–water partition coefficient (Wildman–Crippen LogP) is 0.743. The first-order valence-electron chi connectivity index (χ1n) is 5.52. The molecule has 5 heteroatoms. The van der Waals surface area contributed by atoms with Gasteiger partial charge in [-0.3, -0.25) is 0 Å². The van der Waals surface area contributed by atoms with Crippen molar-refractivity contribution in [2.24, 2.45) is 0 Å². The molecule has 4 nitrogen and oxygen atoms in total. The largest absolute Gasteiger partial charge is 0.394 e. The Balaban J connectivity index is 2.65. The summed E-state index contributed by atoms with van der Waals surface area (Å²) in [6, 6.07) is 9.07. The first kappa shape index (κ1) is 14.2. The van der Waals surface area contributed by atoms with Crippen molar-refractivity contribution in [3.8, 4) is 0 Å². The Morgan fingerprint density at radius 3 is 2.35 bits per heavy atom. The van der Waals surface area contributed by atoms with Crippen LogP contribution < -0.4 is 5.32 Å². The van der Waals surface area contributed by atoms with Crippen LogP contribution in [0, 0.1) is 0 Å². The highest BCUT2D eigenvalue weighted by Crippen LogP contribution is 2.12. The Labute approximate surface area is 103 Å². The van der Waals surface area contributed by atoms with Crippen molar-refractivity contribution in [1.82, 2.24) is 5.32 Å². The van der Waals surface area contributed by atoms with E-state index in [1.165, 1.54) is 6.26 Å². The molecule has 0 aliphatic carbocycles. The van der Waals surface area contributed by atoms with Gasteiger partial charge in [0.1, 0.15) is 9.84 Å². The number of nitrogens with one attached hydrogen (secondary N) is 1. The van der Waals surface area contributed by atoms with Gasteiger partial charge in [0.25, 0.3) is 0 Å². The minimum absolute atomic E-state index is 0.0574. The molecule has 1 aromatic rings. The minimum atomic E-state index is -3.00. The van der Waals surface area contributed by atoms with Crippen LogP contribution in [0.4, 0.5) is 0 Å².